The van der Waals surface area contributed by atoms with Crippen LogP contribution >= 0.6 is 0 Å². The zero-order chi connectivity index (χ0) is 17.1. The normalized spacial score (nSPS) is 21.9. The van der Waals surface area contributed by atoms with Gasteiger partial charge >= 0.3 is 0 Å². The number of aryl methyl sites for hydroxylation is 3. The first-order chi connectivity index (χ1) is 12.3. The minimum absolute atomic E-state index is 0.324. The topological polar surface area (TPSA) is 67.0 Å². The third-order valence-electron chi connectivity index (χ3n) is 5.25. The first kappa shape index (κ1) is 16.7. The van der Waals surface area contributed by atoms with Gasteiger partial charge in [-0.3, -0.25) is 0 Å². The summed E-state index contributed by atoms with van der Waals surface area (Å²) >= 11 is 0. The van der Waals surface area contributed by atoms with Crippen molar-refractivity contribution < 1.29 is 9.47 Å². The molecule has 7 nitrogen and oxygen atoms in total. The lowest BCUT2D eigenvalue weighted by Crippen LogP contribution is -2.17. The van der Waals surface area contributed by atoms with E-state index in [1.54, 1.807) is 0 Å². The van der Waals surface area contributed by atoms with Crippen molar-refractivity contribution in [2.45, 2.75) is 57.5 Å². The lowest BCUT2D eigenvalue weighted by Gasteiger charge is -2.19. The van der Waals surface area contributed by atoms with E-state index in [2.05, 4.69) is 27.4 Å². The third kappa shape index (κ3) is 3.62. The van der Waals surface area contributed by atoms with Gasteiger partial charge < -0.3 is 14.0 Å². The fraction of sp³-hybridized carbons (Fsp3) is 0.722. The second kappa shape index (κ2) is 7.66. The van der Waals surface area contributed by atoms with Crippen molar-refractivity contribution in [1.29, 1.82) is 0 Å². The summed E-state index contributed by atoms with van der Waals surface area (Å²) in [7, 11) is 0. The molecule has 0 amide bonds. The van der Waals surface area contributed by atoms with Crippen LogP contribution in [0.2, 0.25) is 0 Å². The number of nitrogens with zero attached hydrogens (tertiary/aromatic N) is 5. The second-order valence-corrected chi connectivity index (χ2v) is 6.88. The van der Waals surface area contributed by atoms with Crippen LogP contribution < -0.4 is 0 Å². The molecule has 0 spiro atoms. The molecule has 4 heterocycles. The van der Waals surface area contributed by atoms with Crippen LogP contribution in [-0.2, 0) is 28.9 Å². The molecule has 2 aliphatic heterocycles. The van der Waals surface area contributed by atoms with Crippen molar-refractivity contribution in [1.82, 2.24) is 24.3 Å². The van der Waals surface area contributed by atoms with E-state index in [1.165, 1.54) is 0 Å². The monoisotopic (exact) mass is 345 g/mol. The van der Waals surface area contributed by atoms with Gasteiger partial charge in [0, 0.05) is 57.5 Å². The first-order valence-electron chi connectivity index (χ1n) is 9.46. The van der Waals surface area contributed by atoms with Crippen molar-refractivity contribution in [3.05, 3.63) is 29.9 Å². The average Bonchev–Trinajstić information content (AvgIpc) is 3.39. The number of imidazole rings is 1. The molecular weight excluding hydrogens is 318 g/mol. The Bertz CT molecular complexity index is 683. The van der Waals surface area contributed by atoms with E-state index < -0.39 is 0 Å². The minimum Gasteiger partial charge on any atom is -0.381 e. The Balaban J connectivity index is 1.54. The first-order valence-corrected chi connectivity index (χ1v) is 9.46. The summed E-state index contributed by atoms with van der Waals surface area (Å²) in [5, 5.41) is 4.90. The molecule has 0 aromatic carbocycles. The van der Waals surface area contributed by atoms with Gasteiger partial charge in [-0.25, -0.2) is 14.6 Å². The predicted octanol–water partition coefficient (Wildman–Crippen LogP) is 2.14. The smallest absolute Gasteiger partial charge is 0.154 e. The molecule has 7 heteroatoms. The number of rotatable bonds is 6. The Morgan fingerprint density at radius 2 is 1.96 bits per heavy atom. The number of hydrogen-bond acceptors (Lipinski definition) is 5. The maximum absolute atomic E-state index is 5.58. The molecule has 0 saturated carbocycles. The fourth-order valence-corrected chi connectivity index (χ4v) is 3.76. The van der Waals surface area contributed by atoms with Gasteiger partial charge in [-0.1, -0.05) is 6.92 Å². The molecule has 2 aromatic heterocycles. The maximum atomic E-state index is 5.58. The second-order valence-electron chi connectivity index (χ2n) is 6.88. The SMILES string of the molecule is CCc1nccn1CCc1nc(C2CCOCC2)nn1C1CCOC1. The quantitative estimate of drug-likeness (QED) is 0.802. The molecule has 1 unspecified atom stereocenters. The minimum atomic E-state index is 0.324. The van der Waals surface area contributed by atoms with E-state index >= 15 is 0 Å². The molecule has 0 radical (unpaired) electrons. The molecule has 2 aromatic rings. The van der Waals surface area contributed by atoms with Gasteiger partial charge in [0.1, 0.15) is 11.6 Å². The van der Waals surface area contributed by atoms with Crippen molar-refractivity contribution >= 4 is 0 Å². The van der Waals surface area contributed by atoms with Gasteiger partial charge in [0.15, 0.2) is 5.82 Å². The van der Waals surface area contributed by atoms with E-state index in [-0.39, 0.29) is 0 Å². The van der Waals surface area contributed by atoms with Crippen LogP contribution in [0, 0.1) is 0 Å². The van der Waals surface area contributed by atoms with Gasteiger partial charge in [-0.2, -0.15) is 5.10 Å². The standard InChI is InChI=1S/C18H27N5O2/c1-2-16-19-7-9-22(16)8-3-17-20-18(14-4-10-24-11-5-14)21-23(17)15-6-12-25-13-15/h7,9,14-15H,2-6,8,10-13H2,1H3. The summed E-state index contributed by atoms with van der Waals surface area (Å²) in [5.74, 6) is 3.62. The summed E-state index contributed by atoms with van der Waals surface area (Å²) < 4.78 is 15.4. The van der Waals surface area contributed by atoms with Crippen LogP contribution in [0.25, 0.3) is 0 Å². The van der Waals surface area contributed by atoms with Crippen molar-refractivity contribution in [3.63, 3.8) is 0 Å². The Labute approximate surface area is 148 Å². The van der Waals surface area contributed by atoms with E-state index in [9.17, 15) is 0 Å². The summed E-state index contributed by atoms with van der Waals surface area (Å²) in [6.07, 6.45) is 8.81. The molecule has 0 aliphatic carbocycles. The molecule has 25 heavy (non-hydrogen) atoms. The lowest BCUT2D eigenvalue weighted by atomic mass is 10.00. The molecular formula is C18H27N5O2. The fourth-order valence-electron chi connectivity index (χ4n) is 3.76. The van der Waals surface area contributed by atoms with Crippen LogP contribution in [0.3, 0.4) is 0 Å². The van der Waals surface area contributed by atoms with E-state index in [0.717, 1.165) is 82.5 Å². The van der Waals surface area contributed by atoms with Gasteiger partial charge in [0.05, 0.1) is 12.6 Å². The summed E-state index contributed by atoms with van der Waals surface area (Å²) in [6.45, 7) is 6.22. The molecule has 0 bridgehead atoms. The average molecular weight is 345 g/mol. The third-order valence-corrected chi connectivity index (χ3v) is 5.25. The van der Waals surface area contributed by atoms with Gasteiger partial charge in [-0.05, 0) is 19.3 Å². The van der Waals surface area contributed by atoms with E-state index in [0.29, 0.717) is 12.0 Å². The number of aromatic nitrogens is 5. The lowest BCUT2D eigenvalue weighted by molar-refractivity contribution is 0.0834. The van der Waals surface area contributed by atoms with Crippen LogP contribution in [0.5, 0.6) is 0 Å². The van der Waals surface area contributed by atoms with Gasteiger partial charge in [-0.15, -0.1) is 0 Å². The molecule has 136 valence electrons. The Morgan fingerprint density at radius 1 is 1.12 bits per heavy atom. The molecule has 1 atom stereocenters. The number of hydrogen-bond donors (Lipinski definition) is 0. The van der Waals surface area contributed by atoms with Crippen molar-refractivity contribution in [3.8, 4) is 0 Å². The van der Waals surface area contributed by atoms with E-state index in [4.69, 9.17) is 19.6 Å². The maximum Gasteiger partial charge on any atom is 0.154 e. The zero-order valence-corrected chi connectivity index (χ0v) is 14.9. The predicted molar refractivity (Wildman–Crippen MR) is 92.6 cm³/mol. The highest BCUT2D eigenvalue weighted by molar-refractivity contribution is 5.03. The largest absolute Gasteiger partial charge is 0.381 e. The molecule has 4 rings (SSSR count). The van der Waals surface area contributed by atoms with Crippen LogP contribution in [0.15, 0.2) is 12.4 Å². The Kier molecular flexibility index (Phi) is 5.12. The van der Waals surface area contributed by atoms with E-state index in [1.807, 2.05) is 6.20 Å². The molecule has 0 N–H and O–H groups in total. The zero-order valence-electron chi connectivity index (χ0n) is 14.9. The van der Waals surface area contributed by atoms with Crippen molar-refractivity contribution in [2.24, 2.45) is 0 Å². The van der Waals surface area contributed by atoms with Gasteiger partial charge in [0.2, 0.25) is 0 Å². The summed E-state index contributed by atoms with van der Waals surface area (Å²) in [4.78, 5) is 9.35. The van der Waals surface area contributed by atoms with Crippen molar-refractivity contribution in [2.75, 3.05) is 26.4 Å². The molecule has 2 aliphatic rings. The highest BCUT2D eigenvalue weighted by Gasteiger charge is 2.26. The Morgan fingerprint density at radius 3 is 2.72 bits per heavy atom. The van der Waals surface area contributed by atoms with Gasteiger partial charge in [0.25, 0.3) is 0 Å². The summed E-state index contributed by atoms with van der Waals surface area (Å²) in [5.41, 5.74) is 0. The highest BCUT2D eigenvalue weighted by Crippen LogP contribution is 2.27. The molecule has 2 saturated heterocycles. The highest BCUT2D eigenvalue weighted by atomic mass is 16.5. The van der Waals surface area contributed by atoms with Crippen LogP contribution in [0.1, 0.15) is 55.6 Å². The Hall–Kier alpha value is -1.73. The van der Waals surface area contributed by atoms with Crippen LogP contribution in [-0.4, -0.2) is 50.7 Å². The number of ether oxygens (including phenoxy) is 2. The molecule has 2 fully saturated rings. The van der Waals surface area contributed by atoms with Crippen LogP contribution in [0.4, 0.5) is 0 Å². The summed E-state index contributed by atoms with van der Waals surface area (Å²) in [6, 6.07) is 0.324.